The number of aliphatic hydroxyl groups is 1. The van der Waals surface area contributed by atoms with Crippen LogP contribution in [-0.4, -0.2) is 39.7 Å². The van der Waals surface area contributed by atoms with Crippen molar-refractivity contribution in [2.24, 2.45) is 5.92 Å². The Bertz CT molecular complexity index is 465. The molecule has 0 bridgehead atoms. The van der Waals surface area contributed by atoms with Crippen LogP contribution in [0.5, 0.6) is 0 Å². The highest BCUT2D eigenvalue weighted by Crippen LogP contribution is 2.35. The standard InChI is InChI=1S/C15H21N3O2/c19-14-5-1-3-12(14)13-4-2-10-18(13)15(20)17-11-6-8-16-9-7-11/h6-9,12-14,19H,1-5,10H2,(H,16,17,20). The summed E-state index contributed by atoms with van der Waals surface area (Å²) in [5.41, 5.74) is 0.766. The smallest absolute Gasteiger partial charge is 0.322 e. The number of urea groups is 1. The molecular formula is C15H21N3O2. The number of aromatic nitrogens is 1. The van der Waals surface area contributed by atoms with E-state index < -0.39 is 0 Å². The topological polar surface area (TPSA) is 65.5 Å². The second kappa shape index (κ2) is 5.79. The minimum absolute atomic E-state index is 0.0576. The molecule has 1 aromatic heterocycles. The fourth-order valence-corrected chi connectivity index (χ4v) is 3.54. The molecule has 5 nitrogen and oxygen atoms in total. The van der Waals surface area contributed by atoms with Crippen molar-refractivity contribution < 1.29 is 9.90 Å². The summed E-state index contributed by atoms with van der Waals surface area (Å²) in [5, 5.41) is 13.0. The highest BCUT2D eigenvalue weighted by atomic mass is 16.3. The van der Waals surface area contributed by atoms with Gasteiger partial charge in [-0.3, -0.25) is 4.98 Å². The number of likely N-dealkylation sites (tertiary alicyclic amines) is 1. The summed E-state index contributed by atoms with van der Waals surface area (Å²) < 4.78 is 0. The maximum Gasteiger partial charge on any atom is 0.322 e. The molecule has 1 saturated carbocycles. The summed E-state index contributed by atoms with van der Waals surface area (Å²) >= 11 is 0. The summed E-state index contributed by atoms with van der Waals surface area (Å²) in [6.07, 6.45) is 8.10. The molecule has 1 aliphatic carbocycles. The third-order valence-corrected chi connectivity index (χ3v) is 4.52. The minimum Gasteiger partial charge on any atom is -0.393 e. The molecule has 0 spiro atoms. The first-order valence-corrected chi connectivity index (χ1v) is 7.41. The summed E-state index contributed by atoms with van der Waals surface area (Å²) in [6, 6.07) is 3.70. The van der Waals surface area contributed by atoms with E-state index in [9.17, 15) is 9.90 Å². The predicted octanol–water partition coefficient (Wildman–Crippen LogP) is 2.24. The van der Waals surface area contributed by atoms with Crippen LogP contribution < -0.4 is 5.32 Å². The molecule has 3 unspecified atom stereocenters. The van der Waals surface area contributed by atoms with Gasteiger partial charge < -0.3 is 15.3 Å². The molecule has 1 saturated heterocycles. The first-order valence-electron chi connectivity index (χ1n) is 7.41. The molecule has 2 heterocycles. The average molecular weight is 275 g/mol. The molecule has 20 heavy (non-hydrogen) atoms. The van der Waals surface area contributed by atoms with Crippen LogP contribution >= 0.6 is 0 Å². The van der Waals surface area contributed by atoms with Crippen molar-refractivity contribution in [3.05, 3.63) is 24.5 Å². The lowest BCUT2D eigenvalue weighted by molar-refractivity contribution is 0.0867. The van der Waals surface area contributed by atoms with E-state index in [0.717, 1.165) is 44.3 Å². The van der Waals surface area contributed by atoms with Gasteiger partial charge in [-0.2, -0.15) is 0 Å². The van der Waals surface area contributed by atoms with E-state index in [1.165, 1.54) is 0 Å². The van der Waals surface area contributed by atoms with Gasteiger partial charge in [0, 0.05) is 36.6 Å². The molecule has 1 aromatic rings. The van der Waals surface area contributed by atoms with Gasteiger partial charge in [0.25, 0.3) is 0 Å². The minimum atomic E-state index is -0.241. The van der Waals surface area contributed by atoms with Gasteiger partial charge in [0.2, 0.25) is 0 Å². The van der Waals surface area contributed by atoms with E-state index in [1.54, 1.807) is 24.5 Å². The molecule has 108 valence electrons. The molecule has 1 aliphatic heterocycles. The Balaban J connectivity index is 1.67. The van der Waals surface area contributed by atoms with Crippen LogP contribution in [0.3, 0.4) is 0 Å². The van der Waals surface area contributed by atoms with Gasteiger partial charge in [-0.1, -0.05) is 6.42 Å². The van der Waals surface area contributed by atoms with Gasteiger partial charge >= 0.3 is 6.03 Å². The second-order valence-corrected chi connectivity index (χ2v) is 5.73. The van der Waals surface area contributed by atoms with Crippen molar-refractivity contribution in [2.45, 2.75) is 44.2 Å². The van der Waals surface area contributed by atoms with Crippen LogP contribution in [0.2, 0.25) is 0 Å². The molecular weight excluding hydrogens is 254 g/mol. The number of carbonyl (C=O) groups is 1. The average Bonchev–Trinajstić information content (AvgIpc) is 3.07. The number of anilines is 1. The van der Waals surface area contributed by atoms with Gasteiger partial charge in [0.1, 0.15) is 0 Å². The fraction of sp³-hybridized carbons (Fsp3) is 0.600. The van der Waals surface area contributed by atoms with E-state index >= 15 is 0 Å². The summed E-state index contributed by atoms with van der Waals surface area (Å²) in [7, 11) is 0. The Kier molecular flexibility index (Phi) is 3.87. The van der Waals surface area contributed by atoms with Crippen LogP contribution in [0.1, 0.15) is 32.1 Å². The quantitative estimate of drug-likeness (QED) is 0.870. The zero-order valence-corrected chi connectivity index (χ0v) is 11.5. The van der Waals surface area contributed by atoms with Crippen LogP contribution in [0.15, 0.2) is 24.5 Å². The van der Waals surface area contributed by atoms with Crippen molar-refractivity contribution in [3.63, 3.8) is 0 Å². The van der Waals surface area contributed by atoms with Crippen LogP contribution in [0.25, 0.3) is 0 Å². The molecule has 2 fully saturated rings. The normalized spacial score (nSPS) is 29.6. The SMILES string of the molecule is O=C(Nc1ccncc1)N1CCCC1C1CCCC1O. The summed E-state index contributed by atoms with van der Waals surface area (Å²) in [6.45, 7) is 0.783. The van der Waals surface area contributed by atoms with Crippen molar-refractivity contribution >= 4 is 11.7 Å². The zero-order valence-electron chi connectivity index (χ0n) is 11.5. The van der Waals surface area contributed by atoms with Crippen molar-refractivity contribution in [1.29, 1.82) is 0 Å². The number of aliphatic hydroxyl groups excluding tert-OH is 1. The largest absolute Gasteiger partial charge is 0.393 e. The van der Waals surface area contributed by atoms with E-state index in [-0.39, 0.29) is 24.1 Å². The lowest BCUT2D eigenvalue weighted by Crippen LogP contribution is -2.44. The number of hydrogen-bond donors (Lipinski definition) is 2. The number of carbonyl (C=O) groups excluding carboxylic acids is 1. The Labute approximate surface area is 119 Å². The second-order valence-electron chi connectivity index (χ2n) is 5.73. The Hall–Kier alpha value is -1.62. The lowest BCUT2D eigenvalue weighted by Gasteiger charge is -2.31. The molecule has 2 aliphatic rings. The van der Waals surface area contributed by atoms with Gasteiger partial charge in [0.05, 0.1) is 6.10 Å². The predicted molar refractivity (Wildman–Crippen MR) is 76.3 cm³/mol. The number of rotatable bonds is 2. The first kappa shape index (κ1) is 13.4. The number of nitrogens with zero attached hydrogens (tertiary/aromatic N) is 2. The van der Waals surface area contributed by atoms with Gasteiger partial charge in [-0.25, -0.2) is 4.79 Å². The Morgan fingerprint density at radius 1 is 1.25 bits per heavy atom. The number of hydrogen-bond acceptors (Lipinski definition) is 3. The van der Waals surface area contributed by atoms with Crippen molar-refractivity contribution in [3.8, 4) is 0 Å². The Morgan fingerprint density at radius 2 is 2.05 bits per heavy atom. The number of amides is 2. The molecule has 0 aromatic carbocycles. The van der Waals surface area contributed by atoms with E-state index in [1.807, 2.05) is 4.90 Å². The monoisotopic (exact) mass is 275 g/mol. The van der Waals surface area contributed by atoms with E-state index in [2.05, 4.69) is 10.3 Å². The number of nitrogens with one attached hydrogen (secondary N) is 1. The highest BCUT2D eigenvalue weighted by Gasteiger charge is 2.40. The molecule has 0 radical (unpaired) electrons. The van der Waals surface area contributed by atoms with Gasteiger partial charge in [0.15, 0.2) is 0 Å². The number of pyridine rings is 1. The first-order chi connectivity index (χ1) is 9.75. The van der Waals surface area contributed by atoms with E-state index in [4.69, 9.17) is 0 Å². The van der Waals surface area contributed by atoms with Gasteiger partial charge in [-0.15, -0.1) is 0 Å². The van der Waals surface area contributed by atoms with Gasteiger partial charge in [-0.05, 0) is 37.8 Å². The molecule has 2 N–H and O–H groups in total. The fourth-order valence-electron chi connectivity index (χ4n) is 3.54. The van der Waals surface area contributed by atoms with Crippen LogP contribution in [0.4, 0.5) is 10.5 Å². The maximum absolute atomic E-state index is 12.4. The molecule has 3 rings (SSSR count). The zero-order chi connectivity index (χ0) is 13.9. The Morgan fingerprint density at radius 3 is 2.75 bits per heavy atom. The molecule has 5 heteroatoms. The van der Waals surface area contributed by atoms with Crippen LogP contribution in [-0.2, 0) is 0 Å². The highest BCUT2D eigenvalue weighted by molar-refractivity contribution is 5.89. The summed E-state index contributed by atoms with van der Waals surface area (Å²) in [4.78, 5) is 18.2. The van der Waals surface area contributed by atoms with Crippen molar-refractivity contribution in [2.75, 3.05) is 11.9 Å². The summed E-state index contributed by atoms with van der Waals surface area (Å²) in [5.74, 6) is 0.251. The lowest BCUT2D eigenvalue weighted by atomic mass is 9.94. The van der Waals surface area contributed by atoms with Crippen LogP contribution in [0, 0.1) is 5.92 Å². The third-order valence-electron chi connectivity index (χ3n) is 4.52. The molecule has 3 atom stereocenters. The molecule has 2 amide bonds. The van der Waals surface area contributed by atoms with Crippen molar-refractivity contribution in [1.82, 2.24) is 9.88 Å². The maximum atomic E-state index is 12.4. The third kappa shape index (κ3) is 2.63. The van der Waals surface area contributed by atoms with E-state index in [0.29, 0.717) is 0 Å².